The van der Waals surface area contributed by atoms with Crippen molar-refractivity contribution in [2.75, 3.05) is 24.6 Å². The van der Waals surface area contributed by atoms with E-state index in [-0.39, 0.29) is 37.4 Å². The van der Waals surface area contributed by atoms with Crippen LogP contribution in [0.5, 0.6) is 0 Å². The summed E-state index contributed by atoms with van der Waals surface area (Å²) in [7, 11) is -2.49. The number of carbonyl (C=O) groups excluding carboxylic acids is 3. The van der Waals surface area contributed by atoms with Crippen LogP contribution in [0.1, 0.15) is 40.8 Å². The van der Waals surface area contributed by atoms with Gasteiger partial charge < -0.3 is 24.6 Å². The number of aryl methyl sites for hydroxylation is 2. The molecule has 42 heavy (non-hydrogen) atoms. The first-order valence-electron chi connectivity index (χ1n) is 13.3. The van der Waals surface area contributed by atoms with Crippen molar-refractivity contribution in [3.63, 3.8) is 0 Å². The SMILES string of the molecule is CCc1c(N2CC[C@@H](O)C2=O)cccc1S(=O)(=O)N[C@@H](CNC(=O)c1ccc(Cl)s1)C(=O)OCCCc1nccn1C. The number of aliphatic hydroxyl groups is 1. The van der Waals surface area contributed by atoms with E-state index in [2.05, 4.69) is 15.0 Å². The van der Waals surface area contributed by atoms with Crippen molar-refractivity contribution in [3.05, 3.63) is 63.3 Å². The molecule has 1 aromatic carbocycles. The van der Waals surface area contributed by atoms with E-state index in [9.17, 15) is 27.9 Å². The van der Waals surface area contributed by atoms with Gasteiger partial charge in [-0.25, -0.2) is 13.4 Å². The monoisotopic (exact) mass is 637 g/mol. The molecule has 226 valence electrons. The van der Waals surface area contributed by atoms with Gasteiger partial charge >= 0.3 is 5.97 Å². The maximum Gasteiger partial charge on any atom is 0.326 e. The lowest BCUT2D eigenvalue weighted by atomic mass is 10.1. The Morgan fingerprint density at radius 2 is 2.07 bits per heavy atom. The number of aliphatic hydroxyl groups excluding tert-OH is 1. The molecule has 0 saturated carbocycles. The molecule has 0 radical (unpaired) electrons. The number of thiophene rings is 1. The number of sulfonamides is 1. The maximum atomic E-state index is 13.7. The fourth-order valence-corrected chi connectivity index (χ4v) is 7.07. The standard InChI is InChI=1S/C27H32ClN5O7S2/c1-3-17-19(33-13-11-20(34)26(33)36)6-4-7-22(17)42(38,39)31-18(16-30-25(35)21-9-10-23(28)41-21)27(37)40-15-5-8-24-29-12-14-32(24)2/h4,6-7,9-10,12,14,18,20,31,34H,3,5,8,11,13,15-16H2,1-2H3,(H,30,35)/t18-,20+/m0/s1. The lowest BCUT2D eigenvalue weighted by molar-refractivity contribution is -0.145. The van der Waals surface area contributed by atoms with E-state index in [0.717, 1.165) is 17.2 Å². The zero-order valence-corrected chi connectivity index (χ0v) is 25.5. The molecule has 0 unspecified atom stereocenters. The van der Waals surface area contributed by atoms with Crippen LogP contribution in [-0.2, 0) is 44.2 Å². The highest BCUT2D eigenvalue weighted by molar-refractivity contribution is 7.89. The third-order valence-electron chi connectivity index (χ3n) is 6.78. The van der Waals surface area contributed by atoms with Crippen LogP contribution in [0.15, 0.2) is 47.6 Å². The minimum absolute atomic E-state index is 0.00743. The number of halogens is 1. The number of ether oxygens (including phenoxy) is 1. The Morgan fingerprint density at radius 1 is 1.29 bits per heavy atom. The van der Waals surface area contributed by atoms with Crippen LogP contribution in [0.3, 0.4) is 0 Å². The molecule has 0 spiro atoms. The summed E-state index contributed by atoms with van der Waals surface area (Å²) in [5.41, 5.74) is 0.727. The number of carbonyl (C=O) groups is 3. The van der Waals surface area contributed by atoms with Gasteiger partial charge in [0.05, 0.1) is 20.7 Å². The summed E-state index contributed by atoms with van der Waals surface area (Å²) >= 11 is 6.97. The third-order valence-corrected chi connectivity index (χ3v) is 9.56. The van der Waals surface area contributed by atoms with Crippen molar-refractivity contribution in [2.24, 2.45) is 7.05 Å². The van der Waals surface area contributed by atoms with Crippen LogP contribution in [0.4, 0.5) is 5.69 Å². The molecule has 1 fully saturated rings. The molecule has 1 aliphatic heterocycles. The van der Waals surface area contributed by atoms with Crippen LogP contribution < -0.4 is 14.9 Å². The van der Waals surface area contributed by atoms with Gasteiger partial charge in [-0.15, -0.1) is 11.3 Å². The molecule has 2 amide bonds. The number of nitrogens with one attached hydrogen (secondary N) is 2. The molecule has 2 atom stereocenters. The summed E-state index contributed by atoms with van der Waals surface area (Å²) in [6.07, 6.45) is 3.80. The average molecular weight is 638 g/mol. The molecule has 3 heterocycles. The van der Waals surface area contributed by atoms with Crippen LogP contribution in [-0.4, -0.2) is 72.7 Å². The van der Waals surface area contributed by atoms with E-state index < -0.39 is 40.0 Å². The van der Waals surface area contributed by atoms with Crippen molar-refractivity contribution >= 4 is 56.4 Å². The van der Waals surface area contributed by atoms with Crippen LogP contribution in [0, 0.1) is 0 Å². The number of rotatable bonds is 13. The van der Waals surface area contributed by atoms with E-state index in [1.165, 1.54) is 23.1 Å². The molecule has 0 aliphatic carbocycles. The van der Waals surface area contributed by atoms with Crippen molar-refractivity contribution in [3.8, 4) is 0 Å². The Kier molecular flexibility index (Phi) is 10.4. The van der Waals surface area contributed by atoms with E-state index in [1.54, 1.807) is 31.5 Å². The van der Waals surface area contributed by atoms with Gasteiger partial charge in [-0.3, -0.25) is 14.4 Å². The molecule has 1 saturated heterocycles. The van der Waals surface area contributed by atoms with Gasteiger partial charge in [0.25, 0.3) is 11.8 Å². The molecule has 12 nitrogen and oxygen atoms in total. The van der Waals surface area contributed by atoms with Crippen LogP contribution in [0.25, 0.3) is 0 Å². The molecule has 4 rings (SSSR count). The quantitative estimate of drug-likeness (QED) is 0.190. The summed E-state index contributed by atoms with van der Waals surface area (Å²) in [5.74, 6) is -1.09. The van der Waals surface area contributed by atoms with Crippen molar-refractivity contribution in [2.45, 2.75) is 49.6 Å². The second-order valence-corrected chi connectivity index (χ2v) is 13.0. The highest BCUT2D eigenvalue weighted by atomic mass is 35.5. The lowest BCUT2D eigenvalue weighted by Gasteiger charge is -2.23. The molecular formula is C27H32ClN5O7S2. The van der Waals surface area contributed by atoms with E-state index in [0.29, 0.717) is 33.3 Å². The van der Waals surface area contributed by atoms with Gasteiger partial charge in [0.1, 0.15) is 18.0 Å². The third kappa shape index (κ3) is 7.36. The maximum absolute atomic E-state index is 13.7. The Balaban J connectivity index is 1.52. The zero-order valence-electron chi connectivity index (χ0n) is 23.1. The minimum atomic E-state index is -4.34. The summed E-state index contributed by atoms with van der Waals surface area (Å²) in [4.78, 5) is 44.0. The number of hydrogen-bond donors (Lipinski definition) is 3. The second kappa shape index (κ2) is 13.8. The first kappa shape index (κ1) is 31.6. The fraction of sp³-hybridized carbons (Fsp3) is 0.407. The number of anilines is 1. The van der Waals surface area contributed by atoms with Crippen molar-refractivity contribution in [1.82, 2.24) is 19.6 Å². The molecule has 0 bridgehead atoms. The van der Waals surface area contributed by atoms with E-state index in [1.807, 2.05) is 11.6 Å². The smallest absolute Gasteiger partial charge is 0.326 e. The summed E-state index contributed by atoms with van der Waals surface area (Å²) in [6, 6.07) is 6.12. The topological polar surface area (TPSA) is 160 Å². The van der Waals surface area contributed by atoms with Gasteiger partial charge in [0.2, 0.25) is 10.0 Å². The highest BCUT2D eigenvalue weighted by Crippen LogP contribution is 2.31. The second-order valence-electron chi connectivity index (χ2n) is 9.61. The number of esters is 1. The number of amides is 2. The Labute approximate surface area is 252 Å². The first-order chi connectivity index (χ1) is 20.0. The first-order valence-corrected chi connectivity index (χ1v) is 16.0. The predicted octanol–water partition coefficient (Wildman–Crippen LogP) is 2.05. The summed E-state index contributed by atoms with van der Waals surface area (Å²) in [5, 5.41) is 12.5. The number of aromatic nitrogens is 2. The van der Waals surface area contributed by atoms with Gasteiger partial charge in [0.15, 0.2) is 0 Å². The van der Waals surface area contributed by atoms with Gasteiger partial charge in [-0.05, 0) is 42.7 Å². The van der Waals surface area contributed by atoms with Crippen molar-refractivity contribution < 1.29 is 32.6 Å². The molecular weight excluding hydrogens is 606 g/mol. The molecule has 3 N–H and O–H groups in total. The normalized spacial score (nSPS) is 16.0. The number of nitrogens with zero attached hydrogens (tertiary/aromatic N) is 3. The van der Waals surface area contributed by atoms with Gasteiger partial charge in [0, 0.05) is 51.1 Å². The van der Waals surface area contributed by atoms with Crippen molar-refractivity contribution in [1.29, 1.82) is 0 Å². The number of imidazole rings is 1. The van der Waals surface area contributed by atoms with E-state index in [4.69, 9.17) is 16.3 Å². The summed E-state index contributed by atoms with van der Waals surface area (Å²) in [6.45, 7) is 1.61. The highest BCUT2D eigenvalue weighted by Gasteiger charge is 2.34. The van der Waals surface area contributed by atoms with E-state index >= 15 is 0 Å². The van der Waals surface area contributed by atoms with Gasteiger partial charge in [-0.2, -0.15) is 4.72 Å². The molecule has 3 aromatic rings. The zero-order chi connectivity index (χ0) is 30.4. The lowest BCUT2D eigenvalue weighted by Crippen LogP contribution is -2.49. The molecule has 2 aromatic heterocycles. The van der Waals surface area contributed by atoms with Gasteiger partial charge in [-0.1, -0.05) is 24.6 Å². The number of benzene rings is 1. The number of hydrogen-bond acceptors (Lipinski definition) is 9. The summed E-state index contributed by atoms with van der Waals surface area (Å²) < 4.78 is 37.4. The molecule has 15 heteroatoms. The van der Waals surface area contributed by atoms with Crippen LogP contribution >= 0.6 is 22.9 Å². The Hall–Kier alpha value is -3.30. The minimum Gasteiger partial charge on any atom is -0.464 e. The average Bonchev–Trinajstić information content (AvgIpc) is 3.68. The Bertz CT molecular complexity index is 1560. The Morgan fingerprint density at radius 3 is 2.69 bits per heavy atom. The largest absolute Gasteiger partial charge is 0.464 e. The molecule has 1 aliphatic rings. The fourth-order valence-electron chi connectivity index (χ4n) is 4.60. The van der Waals surface area contributed by atoms with Crippen LogP contribution in [0.2, 0.25) is 4.34 Å². The predicted molar refractivity (Wildman–Crippen MR) is 157 cm³/mol.